The molecule has 2 saturated heterocycles. The number of hydrogen-bond donors (Lipinski definition) is 2. The number of anilines is 1. The minimum atomic E-state index is -1.01. The molecule has 4 heterocycles. The molecule has 1 aliphatic carbocycles. The summed E-state index contributed by atoms with van der Waals surface area (Å²) in [4.78, 5) is 77.7. The molecule has 2 aromatic carbocycles. The minimum Gasteiger partial charge on any atom is -0.494 e. The Hall–Kier alpha value is -5.59. The lowest BCUT2D eigenvalue weighted by molar-refractivity contribution is -0.164. The van der Waals surface area contributed by atoms with Crippen molar-refractivity contribution in [2.24, 2.45) is 10.8 Å². The number of carbonyl (C=O) groups excluding carboxylic acids is 5. The number of nitrogens with one attached hydrogen (secondary N) is 2. The van der Waals surface area contributed by atoms with Gasteiger partial charge in [-0.15, -0.1) is 0 Å². The number of ether oxygens (including phenoxy) is 2. The van der Waals surface area contributed by atoms with E-state index in [1.54, 1.807) is 48.8 Å². The van der Waals surface area contributed by atoms with Crippen LogP contribution in [0.2, 0.25) is 5.02 Å². The molecular weight excluding hydrogens is 752 g/mol. The number of halogens is 1. The molecule has 3 aromatic rings. The third-order valence-corrected chi connectivity index (χ3v) is 11.8. The van der Waals surface area contributed by atoms with E-state index in [-0.39, 0.29) is 42.0 Å². The zero-order chi connectivity index (χ0) is 40.6. The van der Waals surface area contributed by atoms with Crippen LogP contribution in [0.25, 0.3) is 0 Å². The number of nitrogens with zero attached hydrogens (tertiary/aromatic N) is 6. The van der Waals surface area contributed by atoms with E-state index in [1.165, 1.54) is 0 Å². The van der Waals surface area contributed by atoms with Crippen molar-refractivity contribution in [3.05, 3.63) is 76.1 Å². The SMILES string of the molecule is CC1(C)[C@H](NC(=O)c2cnc(N3CCN(CCCCOc4ccc5c(c4)C(=O)N(C4CCC(=O)NC4=O)C5=O)CC3)nc2)C(C)(C)[C@H]1Oc1ccc(C#N)c(Cl)c1. The van der Waals surface area contributed by atoms with Crippen LogP contribution in [0.3, 0.4) is 0 Å². The molecular formula is C41H45ClN8O7. The zero-order valence-corrected chi connectivity index (χ0v) is 33.1. The topological polar surface area (TPSA) is 187 Å². The van der Waals surface area contributed by atoms with Crippen molar-refractivity contribution in [2.75, 3.05) is 44.2 Å². The quantitative estimate of drug-likeness (QED) is 0.199. The van der Waals surface area contributed by atoms with Gasteiger partial charge in [-0.25, -0.2) is 9.97 Å². The molecule has 1 saturated carbocycles. The Bertz CT molecular complexity index is 2130. The highest BCUT2D eigenvalue weighted by Gasteiger charge is 2.64. The molecule has 57 heavy (non-hydrogen) atoms. The molecule has 4 aliphatic rings. The molecule has 15 nitrogen and oxygen atoms in total. The van der Waals surface area contributed by atoms with E-state index >= 15 is 0 Å². The zero-order valence-electron chi connectivity index (χ0n) is 32.3. The number of amides is 5. The summed E-state index contributed by atoms with van der Waals surface area (Å²) in [7, 11) is 0. The fraction of sp³-hybridized carbons (Fsp3) is 0.463. The van der Waals surface area contributed by atoms with Crippen LogP contribution >= 0.6 is 11.6 Å². The maximum absolute atomic E-state index is 13.4. The van der Waals surface area contributed by atoms with Gasteiger partial charge in [-0.3, -0.25) is 39.1 Å². The molecule has 1 atom stereocenters. The summed E-state index contributed by atoms with van der Waals surface area (Å²) in [6.07, 6.45) is 4.78. The minimum absolute atomic E-state index is 0.0662. The molecule has 0 radical (unpaired) electrons. The molecule has 3 aliphatic heterocycles. The molecule has 0 bridgehead atoms. The Labute approximate surface area is 335 Å². The van der Waals surface area contributed by atoms with E-state index in [0.29, 0.717) is 40.2 Å². The maximum atomic E-state index is 13.4. The van der Waals surface area contributed by atoms with Crippen LogP contribution in [0.5, 0.6) is 11.5 Å². The number of hydrogen-bond acceptors (Lipinski definition) is 12. The first-order chi connectivity index (χ1) is 27.2. The Kier molecular flexibility index (Phi) is 10.9. The van der Waals surface area contributed by atoms with Gasteiger partial charge >= 0.3 is 0 Å². The molecule has 1 aromatic heterocycles. The Balaban J connectivity index is 0.826. The number of piperazine rings is 1. The lowest BCUT2D eigenvalue weighted by Crippen LogP contribution is -2.74. The highest BCUT2D eigenvalue weighted by molar-refractivity contribution is 6.31. The average Bonchev–Trinajstić information content (AvgIpc) is 3.43. The number of fused-ring (bicyclic) bond motifs is 1. The van der Waals surface area contributed by atoms with Gasteiger partial charge in [0, 0.05) is 67.9 Å². The first-order valence-corrected chi connectivity index (χ1v) is 19.5. The van der Waals surface area contributed by atoms with E-state index < -0.39 is 40.5 Å². The van der Waals surface area contributed by atoms with Gasteiger partial charge in [-0.1, -0.05) is 39.3 Å². The number of nitriles is 1. The van der Waals surface area contributed by atoms with Gasteiger partial charge < -0.3 is 19.7 Å². The maximum Gasteiger partial charge on any atom is 0.262 e. The van der Waals surface area contributed by atoms with Gasteiger partial charge in [-0.05, 0) is 56.1 Å². The standard InChI is InChI=1S/C41H45ClN8O7/c1-40(2)37(41(3,4)38(40)57-27-8-7-24(21-43)30(42)20-27)47-33(52)25-22-44-39(45-23-25)49-16-14-48(15-17-49)13-5-6-18-56-26-9-10-28-29(19-26)36(55)50(35(28)54)31-11-12-32(51)46-34(31)53/h7-10,19-20,22-23,31,37-38H,5-6,11-18H2,1-4H3,(H,47,52)(H,46,51,53)/t31?,37-,38-. The van der Waals surface area contributed by atoms with Crippen LogP contribution in [-0.4, -0.2) is 107 Å². The van der Waals surface area contributed by atoms with E-state index in [4.69, 9.17) is 21.1 Å². The summed E-state index contributed by atoms with van der Waals surface area (Å²) in [6, 6.07) is 10.6. The lowest BCUT2D eigenvalue weighted by Gasteiger charge is -2.63. The van der Waals surface area contributed by atoms with E-state index in [1.807, 2.05) is 0 Å². The smallest absolute Gasteiger partial charge is 0.262 e. The van der Waals surface area contributed by atoms with Crippen molar-refractivity contribution >= 4 is 47.1 Å². The predicted octanol–water partition coefficient (Wildman–Crippen LogP) is 4.00. The number of rotatable bonds is 12. The summed E-state index contributed by atoms with van der Waals surface area (Å²) in [5.41, 5.74) is 0.374. The first-order valence-electron chi connectivity index (χ1n) is 19.1. The number of carbonyl (C=O) groups is 5. The highest BCUT2D eigenvalue weighted by Crippen LogP contribution is 2.55. The summed E-state index contributed by atoms with van der Waals surface area (Å²) in [6.45, 7) is 12.7. The molecule has 3 fully saturated rings. The molecule has 0 spiro atoms. The average molecular weight is 797 g/mol. The van der Waals surface area contributed by atoms with Gasteiger partial charge in [0.05, 0.1) is 33.9 Å². The summed E-state index contributed by atoms with van der Waals surface area (Å²) in [5.74, 6) is -0.799. The largest absolute Gasteiger partial charge is 0.494 e. The molecule has 1 unspecified atom stereocenters. The second kappa shape index (κ2) is 15.7. The Morgan fingerprint density at radius 3 is 2.30 bits per heavy atom. The van der Waals surface area contributed by atoms with Crippen molar-refractivity contribution in [1.82, 2.24) is 30.4 Å². The summed E-state index contributed by atoms with van der Waals surface area (Å²) < 4.78 is 12.3. The van der Waals surface area contributed by atoms with Gasteiger partial charge in [0.25, 0.3) is 17.7 Å². The van der Waals surface area contributed by atoms with Crippen LogP contribution in [0, 0.1) is 22.2 Å². The predicted molar refractivity (Wildman–Crippen MR) is 208 cm³/mol. The van der Waals surface area contributed by atoms with Crippen molar-refractivity contribution in [3.8, 4) is 17.6 Å². The normalized spacial score (nSPS) is 22.6. The molecule has 7 rings (SSSR count). The fourth-order valence-corrected chi connectivity index (χ4v) is 8.96. The number of imide groups is 2. The first kappa shape index (κ1) is 39.6. The van der Waals surface area contributed by atoms with Crippen LogP contribution in [-0.2, 0) is 9.59 Å². The molecule has 16 heteroatoms. The highest BCUT2D eigenvalue weighted by atomic mass is 35.5. The Morgan fingerprint density at radius 1 is 0.947 bits per heavy atom. The van der Waals surface area contributed by atoms with Crippen LogP contribution in [0.1, 0.15) is 90.0 Å². The number of unbranched alkanes of at least 4 members (excludes halogenated alkanes) is 1. The van der Waals surface area contributed by atoms with Gasteiger partial charge in [0.15, 0.2) is 0 Å². The summed E-state index contributed by atoms with van der Waals surface area (Å²) in [5, 5.41) is 14.9. The van der Waals surface area contributed by atoms with Crippen molar-refractivity contribution in [2.45, 2.75) is 71.6 Å². The van der Waals surface area contributed by atoms with Crippen molar-refractivity contribution in [1.29, 1.82) is 5.26 Å². The molecule has 298 valence electrons. The molecule has 5 amide bonds. The fourth-order valence-electron chi connectivity index (χ4n) is 8.75. The van der Waals surface area contributed by atoms with Gasteiger partial charge in [-0.2, -0.15) is 5.26 Å². The van der Waals surface area contributed by atoms with Crippen LogP contribution in [0.15, 0.2) is 48.8 Å². The lowest BCUT2D eigenvalue weighted by atomic mass is 9.49. The second-order valence-electron chi connectivity index (χ2n) is 16.1. The Morgan fingerprint density at radius 2 is 1.63 bits per heavy atom. The number of benzene rings is 2. The third kappa shape index (κ3) is 7.76. The second-order valence-corrected chi connectivity index (χ2v) is 16.5. The van der Waals surface area contributed by atoms with Crippen molar-refractivity contribution < 1.29 is 33.4 Å². The van der Waals surface area contributed by atoms with Crippen LogP contribution < -0.4 is 25.0 Å². The van der Waals surface area contributed by atoms with E-state index in [0.717, 1.165) is 50.5 Å². The van der Waals surface area contributed by atoms with E-state index in [9.17, 15) is 29.2 Å². The molecule has 2 N–H and O–H groups in total. The van der Waals surface area contributed by atoms with Crippen molar-refractivity contribution in [3.63, 3.8) is 0 Å². The van der Waals surface area contributed by atoms with E-state index in [2.05, 4.69) is 64.2 Å². The third-order valence-electron chi connectivity index (χ3n) is 11.5. The van der Waals surface area contributed by atoms with Gasteiger partial charge in [0.2, 0.25) is 17.8 Å². The summed E-state index contributed by atoms with van der Waals surface area (Å²) >= 11 is 6.23. The van der Waals surface area contributed by atoms with Gasteiger partial charge in [0.1, 0.15) is 29.7 Å². The monoisotopic (exact) mass is 796 g/mol. The van der Waals surface area contributed by atoms with Crippen LogP contribution in [0.4, 0.5) is 5.95 Å². The number of piperidine rings is 1. The number of aromatic nitrogens is 2.